The lowest BCUT2D eigenvalue weighted by atomic mass is 10.1. The largest absolute Gasteiger partial charge is 0.368 e. The second kappa shape index (κ2) is 7.02. The van der Waals surface area contributed by atoms with Gasteiger partial charge in [-0.05, 0) is 20.8 Å². The Balaban J connectivity index is 1.63. The highest BCUT2D eigenvalue weighted by Crippen LogP contribution is 2.31. The van der Waals surface area contributed by atoms with E-state index in [-0.39, 0.29) is 12.0 Å². The molecule has 1 aliphatic heterocycles. The van der Waals surface area contributed by atoms with Crippen molar-refractivity contribution in [2.24, 2.45) is 7.05 Å². The average Bonchev–Trinajstić information content (AvgIpc) is 2.94. The number of rotatable bonds is 3. The quantitative estimate of drug-likeness (QED) is 0.697. The van der Waals surface area contributed by atoms with Crippen LogP contribution < -0.4 is 20.4 Å². The van der Waals surface area contributed by atoms with Crippen molar-refractivity contribution >= 4 is 34.4 Å². The molecule has 0 spiro atoms. The summed E-state index contributed by atoms with van der Waals surface area (Å²) in [5.74, 6) is 2.93. The van der Waals surface area contributed by atoms with Crippen LogP contribution >= 0.6 is 0 Å². The van der Waals surface area contributed by atoms with E-state index in [1.165, 1.54) is 0 Å². The minimum atomic E-state index is 0.218. The lowest BCUT2D eigenvalue weighted by Crippen LogP contribution is -2.53. The van der Waals surface area contributed by atoms with E-state index in [0.717, 1.165) is 59.5 Å². The summed E-state index contributed by atoms with van der Waals surface area (Å²) < 4.78 is 1.76. The van der Waals surface area contributed by atoms with Crippen molar-refractivity contribution in [1.82, 2.24) is 29.7 Å². The number of aryl methyl sites for hydroxylation is 3. The predicted molar refractivity (Wildman–Crippen MR) is 116 cm³/mol. The Morgan fingerprint density at radius 3 is 2.48 bits per heavy atom. The summed E-state index contributed by atoms with van der Waals surface area (Å²) in [4.78, 5) is 24.9. The van der Waals surface area contributed by atoms with Gasteiger partial charge in [0.25, 0.3) is 0 Å². The van der Waals surface area contributed by atoms with Crippen molar-refractivity contribution < 1.29 is 0 Å². The van der Waals surface area contributed by atoms with Gasteiger partial charge < -0.3 is 20.4 Å². The molecule has 2 N–H and O–H groups in total. The van der Waals surface area contributed by atoms with Gasteiger partial charge in [-0.25, -0.2) is 14.6 Å². The SMILES string of the molecule is Cc1nc(N(C)C)cnc1N1CCN(c2nc(N)nc3c2c(C)nn3C)[C@@H](C)C1. The summed E-state index contributed by atoms with van der Waals surface area (Å²) in [7, 11) is 5.82. The van der Waals surface area contributed by atoms with Crippen LogP contribution in [0.3, 0.4) is 0 Å². The summed E-state index contributed by atoms with van der Waals surface area (Å²) in [5, 5.41) is 5.47. The Labute approximate surface area is 170 Å². The Kier molecular flexibility index (Phi) is 4.64. The Bertz CT molecular complexity index is 1060. The van der Waals surface area contributed by atoms with Crippen LogP contribution in [0.2, 0.25) is 0 Å². The van der Waals surface area contributed by atoms with Crippen molar-refractivity contribution in [2.75, 3.05) is 54.2 Å². The number of hydrogen-bond donors (Lipinski definition) is 1. The standard InChI is InChI=1S/C19H28N10/c1-11-10-28(16-13(3)22-14(9-21-16)26(4)5)7-8-29(11)18-15-12(2)25-27(6)17(15)23-19(20)24-18/h9,11H,7-8,10H2,1-6H3,(H2,20,23,24)/t11-/m0/s1. The van der Waals surface area contributed by atoms with Gasteiger partial charge >= 0.3 is 0 Å². The van der Waals surface area contributed by atoms with Gasteiger partial charge in [0, 0.05) is 46.8 Å². The molecule has 10 nitrogen and oxygen atoms in total. The third-order valence-corrected chi connectivity index (χ3v) is 5.42. The molecule has 0 saturated carbocycles. The second-order valence-electron chi connectivity index (χ2n) is 7.83. The molecule has 1 aliphatic rings. The minimum Gasteiger partial charge on any atom is -0.368 e. The number of nitrogens with zero attached hydrogens (tertiary/aromatic N) is 9. The van der Waals surface area contributed by atoms with Crippen LogP contribution in [0.25, 0.3) is 11.0 Å². The summed E-state index contributed by atoms with van der Waals surface area (Å²) in [5.41, 5.74) is 8.62. The van der Waals surface area contributed by atoms with E-state index in [1.54, 1.807) is 4.68 Å². The number of anilines is 4. The smallest absolute Gasteiger partial charge is 0.224 e. The van der Waals surface area contributed by atoms with E-state index in [4.69, 9.17) is 5.73 Å². The monoisotopic (exact) mass is 396 g/mol. The molecule has 1 fully saturated rings. The van der Waals surface area contributed by atoms with Gasteiger partial charge in [-0.15, -0.1) is 0 Å². The lowest BCUT2D eigenvalue weighted by molar-refractivity contribution is 0.542. The Morgan fingerprint density at radius 2 is 1.83 bits per heavy atom. The van der Waals surface area contributed by atoms with Gasteiger partial charge in [-0.3, -0.25) is 0 Å². The predicted octanol–water partition coefficient (Wildman–Crippen LogP) is 1.13. The molecule has 4 rings (SSSR count). The number of hydrogen-bond acceptors (Lipinski definition) is 9. The number of fused-ring (bicyclic) bond motifs is 1. The summed E-state index contributed by atoms with van der Waals surface area (Å²) >= 11 is 0. The molecule has 0 aromatic carbocycles. The maximum atomic E-state index is 6.01. The Morgan fingerprint density at radius 1 is 1.07 bits per heavy atom. The number of nitrogens with two attached hydrogens (primary N) is 1. The molecule has 10 heteroatoms. The van der Waals surface area contributed by atoms with Crippen molar-refractivity contribution in [3.8, 4) is 0 Å². The van der Waals surface area contributed by atoms with Crippen LogP contribution in [0.5, 0.6) is 0 Å². The summed E-state index contributed by atoms with van der Waals surface area (Å²) in [6, 6.07) is 0.218. The molecule has 0 amide bonds. The van der Waals surface area contributed by atoms with Crippen LogP contribution in [-0.2, 0) is 7.05 Å². The molecule has 3 aromatic heterocycles. The van der Waals surface area contributed by atoms with Gasteiger partial charge in [0.2, 0.25) is 5.95 Å². The first-order valence-electron chi connectivity index (χ1n) is 9.75. The fourth-order valence-electron chi connectivity index (χ4n) is 4.00. The van der Waals surface area contributed by atoms with E-state index in [2.05, 4.69) is 41.8 Å². The minimum absolute atomic E-state index is 0.218. The van der Waals surface area contributed by atoms with Crippen LogP contribution in [0.4, 0.5) is 23.4 Å². The maximum absolute atomic E-state index is 6.01. The summed E-state index contributed by atoms with van der Waals surface area (Å²) in [6.45, 7) is 8.64. The summed E-state index contributed by atoms with van der Waals surface area (Å²) in [6.07, 6.45) is 1.83. The average molecular weight is 397 g/mol. The van der Waals surface area contributed by atoms with Crippen LogP contribution in [-0.4, -0.2) is 69.5 Å². The fraction of sp³-hybridized carbons (Fsp3) is 0.526. The molecule has 4 heterocycles. The third kappa shape index (κ3) is 3.28. The molecule has 0 radical (unpaired) electrons. The molecule has 0 bridgehead atoms. The lowest BCUT2D eigenvalue weighted by Gasteiger charge is -2.41. The first kappa shape index (κ1) is 19.2. The number of piperazine rings is 1. The van der Waals surface area contributed by atoms with Gasteiger partial charge in [0.1, 0.15) is 17.5 Å². The highest BCUT2D eigenvalue weighted by molar-refractivity contribution is 5.91. The number of nitrogen functional groups attached to an aromatic ring is 1. The number of aromatic nitrogens is 6. The van der Waals surface area contributed by atoms with Gasteiger partial charge in [-0.1, -0.05) is 0 Å². The van der Waals surface area contributed by atoms with Gasteiger partial charge in [-0.2, -0.15) is 15.1 Å². The molecule has 1 atom stereocenters. The maximum Gasteiger partial charge on any atom is 0.224 e. The van der Waals surface area contributed by atoms with E-state index in [0.29, 0.717) is 0 Å². The molecular formula is C19H28N10. The molecule has 1 saturated heterocycles. The van der Waals surface area contributed by atoms with Crippen LogP contribution in [0.1, 0.15) is 18.3 Å². The highest BCUT2D eigenvalue weighted by Gasteiger charge is 2.29. The molecule has 3 aromatic rings. The zero-order valence-electron chi connectivity index (χ0n) is 17.9. The van der Waals surface area contributed by atoms with E-state index in [1.807, 2.05) is 46.1 Å². The zero-order chi connectivity index (χ0) is 20.9. The van der Waals surface area contributed by atoms with E-state index >= 15 is 0 Å². The highest BCUT2D eigenvalue weighted by atomic mass is 15.4. The Hall–Kier alpha value is -3.17. The second-order valence-corrected chi connectivity index (χ2v) is 7.83. The van der Waals surface area contributed by atoms with Crippen LogP contribution in [0.15, 0.2) is 6.20 Å². The van der Waals surface area contributed by atoms with Crippen molar-refractivity contribution in [3.05, 3.63) is 17.6 Å². The van der Waals surface area contributed by atoms with E-state index in [9.17, 15) is 0 Å². The van der Waals surface area contributed by atoms with Crippen molar-refractivity contribution in [2.45, 2.75) is 26.8 Å². The first-order chi connectivity index (χ1) is 13.8. The fourth-order valence-corrected chi connectivity index (χ4v) is 4.00. The zero-order valence-corrected chi connectivity index (χ0v) is 17.9. The first-order valence-corrected chi connectivity index (χ1v) is 9.75. The van der Waals surface area contributed by atoms with Crippen molar-refractivity contribution in [1.29, 1.82) is 0 Å². The molecule has 29 heavy (non-hydrogen) atoms. The van der Waals surface area contributed by atoms with Gasteiger partial charge in [0.15, 0.2) is 5.65 Å². The molecule has 154 valence electrons. The third-order valence-electron chi connectivity index (χ3n) is 5.42. The molecule has 0 unspecified atom stereocenters. The normalized spacial score (nSPS) is 17.2. The van der Waals surface area contributed by atoms with E-state index < -0.39 is 0 Å². The van der Waals surface area contributed by atoms with Gasteiger partial charge in [0.05, 0.1) is 23.0 Å². The topological polar surface area (TPSA) is 105 Å². The van der Waals surface area contributed by atoms with Crippen LogP contribution in [0, 0.1) is 13.8 Å². The van der Waals surface area contributed by atoms with Crippen molar-refractivity contribution in [3.63, 3.8) is 0 Å². The molecule has 0 aliphatic carbocycles. The molecular weight excluding hydrogens is 368 g/mol.